The van der Waals surface area contributed by atoms with Crippen molar-refractivity contribution in [3.05, 3.63) is 135 Å². The van der Waals surface area contributed by atoms with Crippen LogP contribution in [0.25, 0.3) is 0 Å². The minimum atomic E-state index is -0.857. The Hall–Kier alpha value is -4.03. The highest BCUT2D eigenvalue weighted by Crippen LogP contribution is 2.21. The second-order valence-corrected chi connectivity index (χ2v) is 9.13. The lowest BCUT2D eigenvalue weighted by molar-refractivity contribution is 0.0677. The van der Waals surface area contributed by atoms with Gasteiger partial charge in [0.05, 0.1) is 12.6 Å². The number of amides is 1. The molecule has 6 nitrogen and oxygen atoms in total. The topological polar surface area (TPSA) is 75.4 Å². The van der Waals surface area contributed by atoms with E-state index in [2.05, 4.69) is 4.98 Å². The quantitative estimate of drug-likeness (QED) is 0.407. The lowest BCUT2D eigenvalue weighted by Crippen LogP contribution is -2.36. The van der Waals surface area contributed by atoms with Crippen LogP contribution in [0, 0.1) is 13.8 Å². The van der Waals surface area contributed by atoms with Crippen LogP contribution in [0.3, 0.4) is 0 Å². The number of aryl methyl sites for hydroxylation is 2. The number of carbonyl (C=O) groups is 1. The van der Waals surface area contributed by atoms with E-state index >= 15 is 0 Å². The molecule has 2 aromatic heterocycles. The molecule has 0 spiro atoms. The van der Waals surface area contributed by atoms with E-state index in [4.69, 9.17) is 0 Å². The van der Waals surface area contributed by atoms with Crippen LogP contribution in [0.2, 0.25) is 0 Å². The van der Waals surface area contributed by atoms with Crippen LogP contribution in [0.1, 0.15) is 50.1 Å². The van der Waals surface area contributed by atoms with Crippen LogP contribution in [0.5, 0.6) is 0 Å². The number of carbonyl (C=O) groups excluding carboxylic acids is 1. The third-order valence-electron chi connectivity index (χ3n) is 6.53. The Bertz CT molecular complexity index is 1400. The fraction of sp³-hybridized carbons (Fsp3) is 0.233. The first-order chi connectivity index (χ1) is 17.3. The number of aromatic nitrogens is 2. The Kier molecular flexibility index (Phi) is 7.76. The van der Waals surface area contributed by atoms with Gasteiger partial charge in [0.15, 0.2) is 5.43 Å². The van der Waals surface area contributed by atoms with E-state index in [1.54, 1.807) is 19.4 Å². The minimum Gasteiger partial charge on any atom is -0.387 e. The lowest BCUT2D eigenvalue weighted by Gasteiger charge is -2.25. The van der Waals surface area contributed by atoms with Crippen molar-refractivity contribution in [3.8, 4) is 0 Å². The van der Waals surface area contributed by atoms with Crippen LogP contribution >= 0.6 is 0 Å². The van der Waals surface area contributed by atoms with Crippen molar-refractivity contribution in [3.63, 3.8) is 0 Å². The van der Waals surface area contributed by atoms with Gasteiger partial charge < -0.3 is 14.6 Å². The number of nitrogens with zero attached hydrogens (tertiary/aromatic N) is 3. The smallest absolute Gasteiger partial charge is 0.259 e. The molecule has 0 unspecified atom stereocenters. The second-order valence-electron chi connectivity index (χ2n) is 9.13. The number of pyridine rings is 2. The first-order valence-electron chi connectivity index (χ1n) is 12.0. The lowest BCUT2D eigenvalue weighted by atomic mass is 9.98. The van der Waals surface area contributed by atoms with Gasteiger partial charge in [0.2, 0.25) is 0 Å². The summed E-state index contributed by atoms with van der Waals surface area (Å²) in [6.45, 7) is 4.50. The Morgan fingerprint density at radius 2 is 1.67 bits per heavy atom. The average molecular weight is 482 g/mol. The van der Waals surface area contributed by atoms with E-state index in [0.29, 0.717) is 18.7 Å². The molecule has 0 bridgehead atoms. The van der Waals surface area contributed by atoms with E-state index in [0.717, 1.165) is 27.9 Å². The van der Waals surface area contributed by atoms with Gasteiger partial charge in [0.25, 0.3) is 5.91 Å². The standard InChI is InChI=1S/C30H31N3O3/c1-21-9-7-8-12-25(21)18-26-29(30(36)32(3)20-28(35)24-10-5-4-6-11-24)27(34)17-22(2)33(26)19-23-13-15-31-16-14-23/h4-17,28,35H,18-20H2,1-3H3/t28-/m1/s1. The Balaban J connectivity index is 1.77. The first kappa shape index (κ1) is 25.1. The van der Waals surface area contributed by atoms with E-state index in [1.165, 1.54) is 11.0 Å². The summed E-state index contributed by atoms with van der Waals surface area (Å²) in [6.07, 6.45) is 3.05. The maximum atomic E-state index is 13.7. The highest BCUT2D eigenvalue weighted by atomic mass is 16.3. The number of hydrogen-bond donors (Lipinski definition) is 1. The molecule has 36 heavy (non-hydrogen) atoms. The molecule has 4 aromatic rings. The number of benzene rings is 2. The molecular formula is C30H31N3O3. The average Bonchev–Trinajstić information content (AvgIpc) is 2.88. The van der Waals surface area contributed by atoms with Crippen LogP contribution < -0.4 is 5.43 Å². The summed E-state index contributed by atoms with van der Waals surface area (Å²) in [5, 5.41) is 10.7. The SMILES string of the molecule is Cc1ccccc1Cc1c(C(=O)N(C)C[C@@H](O)c2ccccc2)c(=O)cc(C)n1Cc1ccncc1. The van der Waals surface area contributed by atoms with Gasteiger partial charge in [-0.2, -0.15) is 0 Å². The van der Waals surface area contributed by atoms with Crippen LogP contribution in [-0.2, 0) is 13.0 Å². The first-order valence-corrected chi connectivity index (χ1v) is 12.0. The van der Waals surface area contributed by atoms with E-state index < -0.39 is 12.0 Å². The molecule has 0 aliphatic heterocycles. The molecule has 6 heteroatoms. The molecule has 0 saturated heterocycles. The Labute approximate surface area is 211 Å². The molecule has 4 rings (SSSR count). The highest BCUT2D eigenvalue weighted by molar-refractivity contribution is 5.95. The van der Waals surface area contributed by atoms with Gasteiger partial charge in [-0.1, -0.05) is 54.6 Å². The number of likely N-dealkylation sites (N-methyl/N-ethyl adjacent to an activating group) is 1. The molecule has 2 heterocycles. The largest absolute Gasteiger partial charge is 0.387 e. The predicted octanol–water partition coefficient (Wildman–Crippen LogP) is 4.30. The van der Waals surface area contributed by atoms with E-state index in [1.807, 2.05) is 85.1 Å². The van der Waals surface area contributed by atoms with Crippen molar-refractivity contribution in [2.24, 2.45) is 0 Å². The molecule has 1 atom stereocenters. The Morgan fingerprint density at radius 3 is 2.36 bits per heavy atom. The zero-order chi connectivity index (χ0) is 25.7. The fourth-order valence-electron chi connectivity index (χ4n) is 4.44. The molecule has 0 saturated carbocycles. The molecule has 184 valence electrons. The van der Waals surface area contributed by atoms with E-state index in [9.17, 15) is 14.7 Å². The molecule has 0 radical (unpaired) electrons. The zero-order valence-corrected chi connectivity index (χ0v) is 20.9. The van der Waals surface area contributed by atoms with Crippen molar-refractivity contribution >= 4 is 5.91 Å². The minimum absolute atomic E-state index is 0.0737. The maximum absolute atomic E-state index is 13.7. The van der Waals surface area contributed by atoms with Crippen molar-refractivity contribution in [1.29, 1.82) is 0 Å². The highest BCUT2D eigenvalue weighted by Gasteiger charge is 2.25. The van der Waals surface area contributed by atoms with E-state index in [-0.39, 0.29) is 17.5 Å². The monoisotopic (exact) mass is 481 g/mol. The second kappa shape index (κ2) is 11.1. The summed E-state index contributed by atoms with van der Waals surface area (Å²) < 4.78 is 2.04. The van der Waals surface area contributed by atoms with Crippen molar-refractivity contribution < 1.29 is 9.90 Å². The molecule has 1 N–H and O–H groups in total. The normalized spacial score (nSPS) is 11.8. The number of hydrogen-bond acceptors (Lipinski definition) is 4. The molecule has 1 amide bonds. The van der Waals surface area contributed by atoms with Crippen LogP contribution in [0.4, 0.5) is 0 Å². The number of rotatable bonds is 8. The van der Waals surface area contributed by atoms with Crippen molar-refractivity contribution in [2.75, 3.05) is 13.6 Å². The third-order valence-corrected chi connectivity index (χ3v) is 6.53. The number of aliphatic hydroxyl groups excluding tert-OH is 1. The van der Waals surface area contributed by atoms with Crippen LogP contribution in [-0.4, -0.2) is 39.1 Å². The summed E-state index contributed by atoms with van der Waals surface area (Å²) in [7, 11) is 1.62. The molecular weight excluding hydrogens is 450 g/mol. The molecule has 0 fully saturated rings. The van der Waals surface area contributed by atoms with Gasteiger partial charge in [-0.15, -0.1) is 0 Å². The summed E-state index contributed by atoms with van der Waals surface area (Å²) in [5.41, 5.74) is 5.15. The summed E-state index contributed by atoms with van der Waals surface area (Å²) >= 11 is 0. The van der Waals surface area contributed by atoms with Gasteiger partial charge >= 0.3 is 0 Å². The zero-order valence-electron chi connectivity index (χ0n) is 20.9. The predicted molar refractivity (Wildman–Crippen MR) is 141 cm³/mol. The summed E-state index contributed by atoms with van der Waals surface area (Å²) in [4.78, 5) is 32.6. The molecule has 2 aromatic carbocycles. The number of aliphatic hydroxyl groups is 1. The van der Waals surface area contributed by atoms with Gasteiger partial charge in [-0.05, 0) is 48.2 Å². The Morgan fingerprint density at radius 1 is 1.00 bits per heavy atom. The fourth-order valence-corrected chi connectivity index (χ4v) is 4.44. The van der Waals surface area contributed by atoms with Gasteiger partial charge in [0.1, 0.15) is 5.56 Å². The summed E-state index contributed by atoms with van der Waals surface area (Å²) in [6, 6.07) is 22.6. The van der Waals surface area contributed by atoms with Gasteiger partial charge in [-0.25, -0.2) is 0 Å². The maximum Gasteiger partial charge on any atom is 0.259 e. The molecule has 0 aliphatic carbocycles. The van der Waals surface area contributed by atoms with Crippen molar-refractivity contribution in [2.45, 2.75) is 32.9 Å². The third kappa shape index (κ3) is 5.61. The van der Waals surface area contributed by atoms with Crippen molar-refractivity contribution in [1.82, 2.24) is 14.5 Å². The summed E-state index contributed by atoms with van der Waals surface area (Å²) in [5.74, 6) is -0.401. The van der Waals surface area contributed by atoms with Gasteiger partial charge in [-0.3, -0.25) is 14.6 Å². The van der Waals surface area contributed by atoms with Gasteiger partial charge in [0, 0.05) is 49.9 Å². The molecule has 0 aliphatic rings. The van der Waals surface area contributed by atoms with Crippen LogP contribution in [0.15, 0.2) is 90.0 Å².